The maximum absolute atomic E-state index is 12.5. The number of benzene rings is 1. The molecule has 1 rings (SSSR count). The van der Waals surface area contributed by atoms with Crippen LogP contribution in [-0.4, -0.2) is 20.2 Å². The number of hydrogen-bond acceptors (Lipinski definition) is 2. The lowest BCUT2D eigenvalue weighted by atomic mass is 10.2. The Kier molecular flexibility index (Phi) is 4.43. The zero-order valence-electron chi connectivity index (χ0n) is 7.72. The molecule has 1 aromatic carbocycles. The van der Waals surface area contributed by atoms with E-state index in [4.69, 9.17) is 4.74 Å². The van der Waals surface area contributed by atoms with E-state index in [-0.39, 0.29) is 5.82 Å². The molecule has 0 amide bonds. The number of ether oxygens (including phenoxy) is 1. The minimum atomic E-state index is -0.209. The van der Waals surface area contributed by atoms with E-state index in [9.17, 15) is 4.39 Å². The van der Waals surface area contributed by atoms with Gasteiger partial charge in [0.15, 0.2) is 0 Å². The van der Waals surface area contributed by atoms with Crippen molar-refractivity contribution in [2.45, 2.75) is 6.61 Å². The molecular weight excluding hydrogens is 169 g/mol. The standard InChI is InChI=1S/C10H14FNO/c1-12-6-7-13-8-9-2-4-10(11)5-3-9/h2-5,12H,6-8H2,1H3. The normalized spacial score (nSPS) is 10.3. The largest absolute Gasteiger partial charge is 0.375 e. The summed E-state index contributed by atoms with van der Waals surface area (Å²) in [4.78, 5) is 0. The quantitative estimate of drug-likeness (QED) is 0.699. The van der Waals surface area contributed by atoms with E-state index >= 15 is 0 Å². The van der Waals surface area contributed by atoms with Crippen molar-refractivity contribution < 1.29 is 9.13 Å². The third kappa shape index (κ3) is 4.01. The van der Waals surface area contributed by atoms with Gasteiger partial charge < -0.3 is 10.1 Å². The average Bonchev–Trinajstić information content (AvgIpc) is 2.15. The molecule has 0 aliphatic rings. The van der Waals surface area contributed by atoms with Gasteiger partial charge in [-0.15, -0.1) is 0 Å². The van der Waals surface area contributed by atoms with Crippen LogP contribution in [0.1, 0.15) is 5.56 Å². The third-order valence-electron chi connectivity index (χ3n) is 1.68. The van der Waals surface area contributed by atoms with E-state index < -0.39 is 0 Å². The number of halogens is 1. The van der Waals surface area contributed by atoms with Crippen LogP contribution in [0.4, 0.5) is 4.39 Å². The molecule has 0 saturated heterocycles. The molecule has 0 spiro atoms. The van der Waals surface area contributed by atoms with E-state index in [0.717, 1.165) is 12.1 Å². The van der Waals surface area contributed by atoms with E-state index in [0.29, 0.717) is 13.2 Å². The van der Waals surface area contributed by atoms with Gasteiger partial charge in [0.2, 0.25) is 0 Å². The molecule has 0 aliphatic carbocycles. The van der Waals surface area contributed by atoms with Gasteiger partial charge >= 0.3 is 0 Å². The molecule has 0 radical (unpaired) electrons. The highest BCUT2D eigenvalue weighted by Crippen LogP contribution is 2.03. The van der Waals surface area contributed by atoms with Gasteiger partial charge in [-0.2, -0.15) is 0 Å². The van der Waals surface area contributed by atoms with Gasteiger partial charge in [-0.05, 0) is 24.7 Å². The number of rotatable bonds is 5. The average molecular weight is 183 g/mol. The Morgan fingerprint density at radius 3 is 2.62 bits per heavy atom. The Bertz CT molecular complexity index is 235. The van der Waals surface area contributed by atoms with Crippen LogP contribution in [0, 0.1) is 5.82 Å². The summed E-state index contributed by atoms with van der Waals surface area (Å²) >= 11 is 0. The Morgan fingerprint density at radius 2 is 2.00 bits per heavy atom. The highest BCUT2D eigenvalue weighted by molar-refractivity contribution is 5.14. The molecule has 0 atom stereocenters. The van der Waals surface area contributed by atoms with Crippen molar-refractivity contribution in [3.8, 4) is 0 Å². The molecule has 2 nitrogen and oxygen atoms in total. The molecule has 13 heavy (non-hydrogen) atoms. The zero-order chi connectivity index (χ0) is 9.52. The summed E-state index contributed by atoms with van der Waals surface area (Å²) in [6, 6.07) is 6.34. The van der Waals surface area contributed by atoms with Crippen molar-refractivity contribution >= 4 is 0 Å². The minimum Gasteiger partial charge on any atom is -0.375 e. The van der Waals surface area contributed by atoms with Crippen LogP contribution in [0.15, 0.2) is 24.3 Å². The summed E-state index contributed by atoms with van der Waals surface area (Å²) in [6.45, 7) is 2.05. The van der Waals surface area contributed by atoms with Crippen LogP contribution in [0.25, 0.3) is 0 Å². The van der Waals surface area contributed by atoms with Gasteiger partial charge in [0.1, 0.15) is 5.82 Å². The predicted molar refractivity (Wildman–Crippen MR) is 50.0 cm³/mol. The predicted octanol–water partition coefficient (Wildman–Crippen LogP) is 1.56. The Labute approximate surface area is 77.7 Å². The first-order valence-electron chi connectivity index (χ1n) is 4.29. The molecule has 1 aromatic rings. The monoisotopic (exact) mass is 183 g/mol. The topological polar surface area (TPSA) is 21.3 Å². The van der Waals surface area contributed by atoms with Crippen LogP contribution >= 0.6 is 0 Å². The highest BCUT2D eigenvalue weighted by atomic mass is 19.1. The van der Waals surface area contributed by atoms with Crippen molar-refractivity contribution in [2.75, 3.05) is 20.2 Å². The van der Waals surface area contributed by atoms with Gasteiger partial charge in [0.25, 0.3) is 0 Å². The molecule has 0 bridgehead atoms. The summed E-state index contributed by atoms with van der Waals surface area (Å²) in [7, 11) is 1.88. The van der Waals surface area contributed by atoms with Crippen molar-refractivity contribution in [2.24, 2.45) is 0 Å². The van der Waals surface area contributed by atoms with Gasteiger partial charge in [0, 0.05) is 6.54 Å². The lowest BCUT2D eigenvalue weighted by molar-refractivity contribution is 0.124. The van der Waals surface area contributed by atoms with E-state index in [2.05, 4.69) is 5.32 Å². The molecule has 0 fully saturated rings. The van der Waals surface area contributed by atoms with Gasteiger partial charge in [-0.25, -0.2) is 4.39 Å². The van der Waals surface area contributed by atoms with E-state index in [1.165, 1.54) is 12.1 Å². The summed E-state index contributed by atoms with van der Waals surface area (Å²) < 4.78 is 17.8. The molecule has 0 heterocycles. The fourth-order valence-corrected chi connectivity index (χ4v) is 0.945. The zero-order valence-corrected chi connectivity index (χ0v) is 7.72. The van der Waals surface area contributed by atoms with Crippen molar-refractivity contribution in [1.29, 1.82) is 0 Å². The maximum Gasteiger partial charge on any atom is 0.123 e. The van der Waals surface area contributed by atoms with Crippen LogP contribution in [0.3, 0.4) is 0 Å². The minimum absolute atomic E-state index is 0.209. The molecule has 0 aromatic heterocycles. The van der Waals surface area contributed by atoms with Crippen LogP contribution in [0.2, 0.25) is 0 Å². The maximum atomic E-state index is 12.5. The number of likely N-dealkylation sites (N-methyl/N-ethyl adjacent to an activating group) is 1. The summed E-state index contributed by atoms with van der Waals surface area (Å²) in [5.41, 5.74) is 0.998. The second kappa shape index (κ2) is 5.67. The fourth-order valence-electron chi connectivity index (χ4n) is 0.945. The molecular formula is C10H14FNO. The first-order valence-corrected chi connectivity index (χ1v) is 4.29. The molecule has 0 saturated carbocycles. The van der Waals surface area contributed by atoms with Crippen molar-refractivity contribution in [1.82, 2.24) is 5.32 Å². The fraction of sp³-hybridized carbons (Fsp3) is 0.400. The van der Waals surface area contributed by atoms with Gasteiger partial charge in [-0.1, -0.05) is 12.1 Å². The smallest absolute Gasteiger partial charge is 0.123 e. The van der Waals surface area contributed by atoms with E-state index in [1.807, 2.05) is 7.05 Å². The Morgan fingerprint density at radius 1 is 1.31 bits per heavy atom. The SMILES string of the molecule is CNCCOCc1ccc(F)cc1. The summed E-state index contributed by atoms with van der Waals surface area (Å²) in [5.74, 6) is -0.209. The van der Waals surface area contributed by atoms with Crippen LogP contribution < -0.4 is 5.32 Å². The summed E-state index contributed by atoms with van der Waals surface area (Å²) in [5, 5.41) is 2.98. The molecule has 72 valence electrons. The molecule has 1 N–H and O–H groups in total. The van der Waals surface area contributed by atoms with Crippen molar-refractivity contribution in [3.05, 3.63) is 35.6 Å². The summed E-state index contributed by atoms with van der Waals surface area (Å²) in [6.07, 6.45) is 0. The molecule has 0 unspecified atom stereocenters. The highest BCUT2D eigenvalue weighted by Gasteiger charge is 1.93. The van der Waals surface area contributed by atoms with Gasteiger partial charge in [0.05, 0.1) is 13.2 Å². The number of nitrogens with one attached hydrogen (secondary N) is 1. The second-order valence-corrected chi connectivity index (χ2v) is 2.78. The number of hydrogen-bond donors (Lipinski definition) is 1. The first-order chi connectivity index (χ1) is 6.33. The van der Waals surface area contributed by atoms with E-state index in [1.54, 1.807) is 12.1 Å². The Hall–Kier alpha value is -0.930. The van der Waals surface area contributed by atoms with Crippen molar-refractivity contribution in [3.63, 3.8) is 0 Å². The molecule has 0 aliphatic heterocycles. The van der Waals surface area contributed by atoms with Crippen LogP contribution in [0.5, 0.6) is 0 Å². The lowest BCUT2D eigenvalue weighted by Crippen LogP contribution is -2.13. The Balaban J connectivity index is 2.25. The lowest BCUT2D eigenvalue weighted by Gasteiger charge is -2.03. The third-order valence-corrected chi connectivity index (χ3v) is 1.68. The molecule has 3 heteroatoms. The van der Waals surface area contributed by atoms with Crippen LogP contribution in [-0.2, 0) is 11.3 Å². The van der Waals surface area contributed by atoms with Gasteiger partial charge in [-0.3, -0.25) is 0 Å². The first kappa shape index (κ1) is 10.2. The second-order valence-electron chi connectivity index (χ2n) is 2.78.